The molecular weight excluding hydrogens is 402 g/mol. The molecule has 0 aliphatic carbocycles. The van der Waals surface area contributed by atoms with Crippen molar-refractivity contribution in [2.75, 3.05) is 6.61 Å². The zero-order chi connectivity index (χ0) is 17.1. The second kappa shape index (κ2) is 7.47. The highest BCUT2D eigenvalue weighted by Gasteiger charge is 2.20. The van der Waals surface area contributed by atoms with Gasteiger partial charge in [-0.15, -0.1) is 11.3 Å². The van der Waals surface area contributed by atoms with Gasteiger partial charge in [0.2, 0.25) is 0 Å². The Hall–Kier alpha value is -1.37. The van der Waals surface area contributed by atoms with E-state index in [1.165, 1.54) is 17.6 Å². The third-order valence-electron chi connectivity index (χ3n) is 3.22. The number of aliphatic imine (C=N–C) groups is 1. The smallest absolute Gasteiger partial charge is 0.341 e. The fraction of sp³-hybridized carbons (Fsp3) is 0.250. The van der Waals surface area contributed by atoms with Crippen molar-refractivity contribution in [2.24, 2.45) is 4.99 Å². The standard InChI is InChI=1S/C16H15BrClNO3S/c1-4-22-16(21)13-8(2)9(3)23-15(13)19-7-10-5-11(17)6-12(18)14(10)20/h5-7,20H,4H2,1-3H3/b19-7+. The summed E-state index contributed by atoms with van der Waals surface area (Å²) in [5, 5.41) is 10.8. The molecule has 4 nitrogen and oxygen atoms in total. The number of carbonyl (C=O) groups is 1. The molecule has 0 aliphatic heterocycles. The van der Waals surface area contributed by atoms with Gasteiger partial charge in [-0.1, -0.05) is 27.5 Å². The lowest BCUT2D eigenvalue weighted by Crippen LogP contribution is -2.05. The summed E-state index contributed by atoms with van der Waals surface area (Å²) in [6.07, 6.45) is 1.49. The van der Waals surface area contributed by atoms with Crippen molar-refractivity contribution in [1.29, 1.82) is 0 Å². The van der Waals surface area contributed by atoms with Gasteiger partial charge >= 0.3 is 5.97 Å². The Labute approximate surface area is 151 Å². The Kier molecular flexibility index (Phi) is 5.84. The molecule has 0 fully saturated rings. The number of rotatable bonds is 4. The maximum Gasteiger partial charge on any atom is 0.341 e. The highest BCUT2D eigenvalue weighted by Crippen LogP contribution is 2.36. The Morgan fingerprint density at radius 1 is 1.48 bits per heavy atom. The number of ether oxygens (including phenoxy) is 1. The highest BCUT2D eigenvalue weighted by molar-refractivity contribution is 9.10. The predicted octanol–water partition coefficient (Wildman–Crippen LogP) is 5.41. The molecule has 0 amide bonds. The first-order valence-corrected chi connectivity index (χ1v) is 8.83. The number of esters is 1. The quantitative estimate of drug-likeness (QED) is 0.535. The lowest BCUT2D eigenvalue weighted by molar-refractivity contribution is 0.0527. The number of aromatic hydroxyl groups is 1. The van der Waals surface area contributed by atoms with Crippen LogP contribution in [-0.4, -0.2) is 23.9 Å². The van der Waals surface area contributed by atoms with Crippen molar-refractivity contribution < 1.29 is 14.6 Å². The lowest BCUT2D eigenvalue weighted by Gasteiger charge is -2.04. The van der Waals surface area contributed by atoms with Crippen LogP contribution in [0.15, 0.2) is 21.6 Å². The number of phenolic OH excluding ortho intramolecular Hbond substituents is 1. The summed E-state index contributed by atoms with van der Waals surface area (Å²) in [4.78, 5) is 17.5. The highest BCUT2D eigenvalue weighted by atomic mass is 79.9. The summed E-state index contributed by atoms with van der Waals surface area (Å²) in [5.74, 6) is -0.445. The zero-order valence-electron chi connectivity index (χ0n) is 12.8. The normalized spacial score (nSPS) is 11.2. The van der Waals surface area contributed by atoms with E-state index in [1.807, 2.05) is 13.8 Å². The SMILES string of the molecule is CCOC(=O)c1c(/N=C/c2cc(Br)cc(Cl)c2O)sc(C)c1C. The van der Waals surface area contributed by atoms with Gasteiger partial charge in [0.05, 0.1) is 17.2 Å². The number of thiophene rings is 1. The Morgan fingerprint density at radius 2 is 2.17 bits per heavy atom. The van der Waals surface area contributed by atoms with E-state index in [2.05, 4.69) is 20.9 Å². The number of nitrogens with zero attached hydrogens (tertiary/aromatic N) is 1. The van der Waals surface area contributed by atoms with Crippen LogP contribution in [0.1, 0.15) is 33.3 Å². The molecule has 0 saturated heterocycles. The van der Waals surface area contributed by atoms with Crippen molar-refractivity contribution in [3.05, 3.63) is 43.2 Å². The van der Waals surface area contributed by atoms with E-state index in [9.17, 15) is 9.90 Å². The van der Waals surface area contributed by atoms with Crippen LogP contribution < -0.4 is 0 Å². The summed E-state index contributed by atoms with van der Waals surface area (Å²) in [6, 6.07) is 3.29. The second-order valence-corrected chi connectivity index (χ2v) is 7.29. The minimum absolute atomic E-state index is 0.0544. The fourth-order valence-electron chi connectivity index (χ4n) is 1.96. The van der Waals surface area contributed by atoms with Gasteiger partial charge in [0.1, 0.15) is 10.8 Å². The summed E-state index contributed by atoms with van der Waals surface area (Å²) < 4.78 is 5.82. The number of carbonyl (C=O) groups excluding carboxylic acids is 1. The Bertz CT molecular complexity index is 786. The molecule has 7 heteroatoms. The summed E-state index contributed by atoms with van der Waals surface area (Å²) in [6.45, 7) is 5.86. The van der Waals surface area contributed by atoms with Crippen LogP contribution in [0.25, 0.3) is 0 Å². The molecule has 0 radical (unpaired) electrons. The van der Waals surface area contributed by atoms with Crippen LogP contribution in [0.5, 0.6) is 5.75 Å². The molecule has 0 saturated carbocycles. The van der Waals surface area contributed by atoms with Gasteiger partial charge in [-0.3, -0.25) is 0 Å². The van der Waals surface area contributed by atoms with Gasteiger partial charge in [0.15, 0.2) is 0 Å². The molecule has 122 valence electrons. The Balaban J connectivity index is 2.45. The minimum Gasteiger partial charge on any atom is -0.506 e. The number of aryl methyl sites for hydroxylation is 1. The maximum absolute atomic E-state index is 12.1. The van der Waals surface area contributed by atoms with E-state index >= 15 is 0 Å². The monoisotopic (exact) mass is 415 g/mol. The van der Waals surface area contributed by atoms with Gasteiger partial charge < -0.3 is 9.84 Å². The van der Waals surface area contributed by atoms with Crippen LogP contribution in [0.4, 0.5) is 5.00 Å². The molecule has 1 heterocycles. The number of halogens is 2. The van der Waals surface area contributed by atoms with Gasteiger partial charge in [0.25, 0.3) is 0 Å². The van der Waals surface area contributed by atoms with E-state index < -0.39 is 5.97 Å². The molecule has 1 aromatic carbocycles. The maximum atomic E-state index is 12.1. The van der Waals surface area contributed by atoms with Crippen LogP contribution in [-0.2, 0) is 4.74 Å². The van der Waals surface area contributed by atoms with Crippen molar-refractivity contribution in [3.8, 4) is 5.75 Å². The number of hydrogen-bond donors (Lipinski definition) is 1. The predicted molar refractivity (Wildman–Crippen MR) is 97.8 cm³/mol. The molecular formula is C16H15BrClNO3S. The Morgan fingerprint density at radius 3 is 2.83 bits per heavy atom. The average Bonchev–Trinajstić information content (AvgIpc) is 2.76. The first-order valence-electron chi connectivity index (χ1n) is 6.84. The largest absolute Gasteiger partial charge is 0.506 e. The third-order valence-corrected chi connectivity index (χ3v) is 5.09. The number of hydrogen-bond acceptors (Lipinski definition) is 5. The molecule has 0 atom stereocenters. The number of phenols is 1. The molecule has 0 unspecified atom stereocenters. The average molecular weight is 417 g/mol. The van der Waals surface area contributed by atoms with Gasteiger partial charge in [-0.2, -0.15) is 0 Å². The van der Waals surface area contributed by atoms with Crippen LogP contribution in [0.2, 0.25) is 5.02 Å². The first-order chi connectivity index (χ1) is 10.8. The number of benzene rings is 1. The van der Waals surface area contributed by atoms with E-state index in [4.69, 9.17) is 16.3 Å². The van der Waals surface area contributed by atoms with E-state index in [0.29, 0.717) is 22.7 Å². The topological polar surface area (TPSA) is 58.9 Å². The second-order valence-electron chi connectivity index (χ2n) is 4.77. The van der Waals surface area contributed by atoms with Crippen molar-refractivity contribution in [1.82, 2.24) is 0 Å². The zero-order valence-corrected chi connectivity index (χ0v) is 16.0. The molecule has 2 aromatic rings. The molecule has 0 bridgehead atoms. The van der Waals surface area contributed by atoms with E-state index in [0.717, 1.165) is 14.9 Å². The summed E-state index contributed by atoms with van der Waals surface area (Å²) in [7, 11) is 0. The third kappa shape index (κ3) is 3.94. The van der Waals surface area contributed by atoms with Crippen LogP contribution in [0, 0.1) is 13.8 Å². The molecule has 23 heavy (non-hydrogen) atoms. The van der Waals surface area contributed by atoms with E-state index in [1.54, 1.807) is 19.1 Å². The van der Waals surface area contributed by atoms with Gasteiger partial charge in [-0.05, 0) is 38.5 Å². The molecule has 1 aromatic heterocycles. The first kappa shape index (κ1) is 18.0. The molecule has 1 N–H and O–H groups in total. The fourth-order valence-corrected chi connectivity index (χ4v) is 3.78. The van der Waals surface area contributed by atoms with Crippen molar-refractivity contribution in [2.45, 2.75) is 20.8 Å². The summed E-state index contributed by atoms with van der Waals surface area (Å²) >= 11 is 10.7. The molecule has 0 spiro atoms. The van der Waals surface area contributed by atoms with Crippen molar-refractivity contribution in [3.63, 3.8) is 0 Å². The van der Waals surface area contributed by atoms with Crippen molar-refractivity contribution >= 4 is 56.1 Å². The lowest BCUT2D eigenvalue weighted by atomic mass is 10.1. The van der Waals surface area contributed by atoms with Gasteiger partial charge in [-0.25, -0.2) is 9.79 Å². The van der Waals surface area contributed by atoms with E-state index in [-0.39, 0.29) is 10.8 Å². The van der Waals surface area contributed by atoms with Crippen LogP contribution >= 0.6 is 38.9 Å². The summed E-state index contributed by atoms with van der Waals surface area (Å²) in [5.41, 5.74) is 1.78. The molecule has 2 rings (SSSR count). The van der Waals surface area contributed by atoms with Crippen LogP contribution in [0.3, 0.4) is 0 Å². The van der Waals surface area contributed by atoms with Gasteiger partial charge in [0, 0.05) is 21.1 Å². The minimum atomic E-state index is -0.391. The molecule has 0 aliphatic rings.